The third kappa shape index (κ3) is 1.58. The summed E-state index contributed by atoms with van der Waals surface area (Å²) in [6.07, 6.45) is 0. The van der Waals surface area contributed by atoms with Gasteiger partial charge in [-0.05, 0) is 26.0 Å². The van der Waals surface area contributed by atoms with Crippen molar-refractivity contribution < 1.29 is 0 Å². The molecule has 2 heterocycles. The summed E-state index contributed by atoms with van der Waals surface area (Å²) in [4.78, 5) is 9.41. The maximum absolute atomic E-state index is 4.71. The quantitative estimate of drug-likeness (QED) is 0.432. The molecule has 4 aromatic rings. The van der Waals surface area contributed by atoms with Crippen LogP contribution < -0.4 is 0 Å². The van der Waals surface area contributed by atoms with Crippen molar-refractivity contribution in [3.8, 4) is 0 Å². The predicted octanol–water partition coefficient (Wildman–Crippen LogP) is 4.55. The van der Waals surface area contributed by atoms with Crippen LogP contribution in [0, 0.1) is 13.8 Å². The Hall–Kier alpha value is -2.48. The van der Waals surface area contributed by atoms with Crippen LogP contribution in [0.2, 0.25) is 0 Å². The first-order valence-electron chi connectivity index (χ1n) is 6.79. The van der Waals surface area contributed by atoms with Crippen LogP contribution in [0.15, 0.2) is 48.5 Å². The maximum Gasteiger partial charge on any atom is 0.0784 e. The van der Waals surface area contributed by atoms with Gasteiger partial charge in [0, 0.05) is 32.9 Å². The molecular formula is C18H14N2. The molecule has 0 amide bonds. The van der Waals surface area contributed by atoms with E-state index in [1.165, 1.54) is 21.5 Å². The average molecular weight is 258 g/mol. The highest BCUT2D eigenvalue weighted by molar-refractivity contribution is 6.14. The Morgan fingerprint density at radius 1 is 0.550 bits per heavy atom. The van der Waals surface area contributed by atoms with Gasteiger partial charge < -0.3 is 0 Å². The summed E-state index contributed by atoms with van der Waals surface area (Å²) in [7, 11) is 0. The summed E-state index contributed by atoms with van der Waals surface area (Å²) in [5.41, 5.74) is 4.21. The van der Waals surface area contributed by atoms with Gasteiger partial charge in [-0.1, -0.05) is 36.4 Å². The van der Waals surface area contributed by atoms with Crippen molar-refractivity contribution in [3.05, 3.63) is 59.9 Å². The standard InChI is InChI=1S/C18H14N2/c1-11-3-5-13-7-10-16-15(17(13)19-11)9-8-14-6-4-12(2)20-18(14)16/h3-10H,1-2H3. The lowest BCUT2D eigenvalue weighted by Gasteiger charge is -2.07. The van der Waals surface area contributed by atoms with Crippen LogP contribution in [0.1, 0.15) is 11.4 Å². The molecule has 0 saturated carbocycles. The zero-order valence-corrected chi connectivity index (χ0v) is 11.5. The third-order valence-corrected chi connectivity index (χ3v) is 3.79. The highest BCUT2D eigenvalue weighted by atomic mass is 14.7. The molecule has 20 heavy (non-hydrogen) atoms. The molecule has 2 nitrogen and oxygen atoms in total. The largest absolute Gasteiger partial charge is 0.252 e. The number of hydrogen-bond acceptors (Lipinski definition) is 2. The lowest BCUT2D eigenvalue weighted by Crippen LogP contribution is -1.88. The minimum absolute atomic E-state index is 1.04. The molecule has 0 N–H and O–H groups in total. The van der Waals surface area contributed by atoms with Crippen LogP contribution in [-0.4, -0.2) is 9.97 Å². The van der Waals surface area contributed by atoms with Gasteiger partial charge in [0.15, 0.2) is 0 Å². The second-order valence-electron chi connectivity index (χ2n) is 5.27. The molecule has 0 radical (unpaired) electrons. The lowest BCUT2D eigenvalue weighted by atomic mass is 10.0. The molecule has 2 aromatic carbocycles. The Morgan fingerprint density at radius 2 is 0.950 bits per heavy atom. The zero-order chi connectivity index (χ0) is 13.7. The summed E-state index contributed by atoms with van der Waals surface area (Å²) in [6, 6.07) is 16.9. The van der Waals surface area contributed by atoms with Gasteiger partial charge in [-0.15, -0.1) is 0 Å². The van der Waals surface area contributed by atoms with E-state index in [0.29, 0.717) is 0 Å². The smallest absolute Gasteiger partial charge is 0.0784 e. The molecule has 2 heteroatoms. The number of aryl methyl sites for hydroxylation is 2. The summed E-state index contributed by atoms with van der Waals surface area (Å²) in [5.74, 6) is 0. The molecular weight excluding hydrogens is 244 g/mol. The average Bonchev–Trinajstić information content (AvgIpc) is 2.46. The van der Waals surface area contributed by atoms with Crippen LogP contribution in [0.25, 0.3) is 32.6 Å². The zero-order valence-electron chi connectivity index (χ0n) is 11.5. The van der Waals surface area contributed by atoms with Crippen molar-refractivity contribution in [1.29, 1.82) is 0 Å². The van der Waals surface area contributed by atoms with Crippen molar-refractivity contribution in [2.75, 3.05) is 0 Å². The Morgan fingerprint density at radius 3 is 1.40 bits per heavy atom. The molecule has 0 spiro atoms. The highest BCUT2D eigenvalue weighted by Gasteiger charge is 2.06. The molecule has 0 saturated heterocycles. The number of fused-ring (bicyclic) bond motifs is 5. The van der Waals surface area contributed by atoms with E-state index in [-0.39, 0.29) is 0 Å². The molecule has 0 aliphatic rings. The van der Waals surface area contributed by atoms with Gasteiger partial charge in [0.2, 0.25) is 0 Å². The second kappa shape index (κ2) is 4.01. The first-order chi connectivity index (χ1) is 9.72. The number of aromatic nitrogens is 2. The lowest BCUT2D eigenvalue weighted by molar-refractivity contribution is 1.26. The first kappa shape index (κ1) is 11.4. The number of rotatable bonds is 0. The van der Waals surface area contributed by atoms with Gasteiger partial charge in [0.1, 0.15) is 0 Å². The predicted molar refractivity (Wildman–Crippen MR) is 84.0 cm³/mol. The Kier molecular flexibility index (Phi) is 2.27. The molecule has 0 fully saturated rings. The van der Waals surface area contributed by atoms with Gasteiger partial charge in [0.25, 0.3) is 0 Å². The van der Waals surface area contributed by atoms with Gasteiger partial charge >= 0.3 is 0 Å². The van der Waals surface area contributed by atoms with Crippen LogP contribution in [0.4, 0.5) is 0 Å². The monoisotopic (exact) mass is 258 g/mol. The molecule has 0 aliphatic carbocycles. The van der Waals surface area contributed by atoms with Crippen molar-refractivity contribution in [1.82, 2.24) is 9.97 Å². The minimum atomic E-state index is 1.04. The van der Waals surface area contributed by atoms with Crippen molar-refractivity contribution in [3.63, 3.8) is 0 Å². The van der Waals surface area contributed by atoms with E-state index in [1.54, 1.807) is 0 Å². The van der Waals surface area contributed by atoms with Crippen LogP contribution in [0.5, 0.6) is 0 Å². The van der Waals surface area contributed by atoms with E-state index in [2.05, 4.69) is 48.5 Å². The first-order valence-corrected chi connectivity index (χ1v) is 6.79. The van der Waals surface area contributed by atoms with E-state index >= 15 is 0 Å². The number of hydrogen-bond donors (Lipinski definition) is 0. The second-order valence-corrected chi connectivity index (χ2v) is 5.27. The fraction of sp³-hybridized carbons (Fsp3) is 0.111. The van der Waals surface area contributed by atoms with Crippen molar-refractivity contribution in [2.24, 2.45) is 0 Å². The van der Waals surface area contributed by atoms with Gasteiger partial charge in [0.05, 0.1) is 11.0 Å². The molecule has 2 aromatic heterocycles. The topological polar surface area (TPSA) is 25.8 Å². The third-order valence-electron chi connectivity index (χ3n) is 3.79. The summed E-state index contributed by atoms with van der Waals surface area (Å²) in [6.45, 7) is 4.06. The molecule has 4 rings (SSSR count). The number of nitrogens with zero attached hydrogens (tertiary/aromatic N) is 2. The molecule has 96 valence electrons. The van der Waals surface area contributed by atoms with E-state index in [4.69, 9.17) is 9.97 Å². The van der Waals surface area contributed by atoms with Gasteiger partial charge in [-0.25, -0.2) is 0 Å². The van der Waals surface area contributed by atoms with Crippen LogP contribution in [-0.2, 0) is 0 Å². The molecule has 0 unspecified atom stereocenters. The van der Waals surface area contributed by atoms with Crippen molar-refractivity contribution >= 4 is 32.6 Å². The van der Waals surface area contributed by atoms with E-state index in [1.807, 2.05) is 13.8 Å². The fourth-order valence-corrected chi connectivity index (χ4v) is 2.77. The van der Waals surface area contributed by atoms with Crippen molar-refractivity contribution in [2.45, 2.75) is 13.8 Å². The van der Waals surface area contributed by atoms with Gasteiger partial charge in [-0.3, -0.25) is 9.97 Å². The Labute approximate surface area is 117 Å². The highest BCUT2D eigenvalue weighted by Crippen LogP contribution is 2.29. The van der Waals surface area contributed by atoms with Crippen LogP contribution in [0.3, 0.4) is 0 Å². The summed E-state index contributed by atoms with van der Waals surface area (Å²) >= 11 is 0. The number of benzene rings is 2. The number of pyridine rings is 2. The maximum atomic E-state index is 4.71. The molecule has 0 atom stereocenters. The van der Waals surface area contributed by atoms with Gasteiger partial charge in [-0.2, -0.15) is 0 Å². The molecule has 0 aliphatic heterocycles. The van der Waals surface area contributed by atoms with E-state index < -0.39 is 0 Å². The van der Waals surface area contributed by atoms with E-state index in [9.17, 15) is 0 Å². The Bertz CT molecular complexity index is 890. The fourth-order valence-electron chi connectivity index (χ4n) is 2.77. The summed E-state index contributed by atoms with van der Waals surface area (Å²) in [5, 5.41) is 4.71. The normalized spacial score (nSPS) is 11.5. The van der Waals surface area contributed by atoms with E-state index in [0.717, 1.165) is 22.4 Å². The minimum Gasteiger partial charge on any atom is -0.252 e. The molecule has 0 bridgehead atoms. The SMILES string of the molecule is Cc1ccc2ccc3c(ccc4ccc(C)nc43)c2n1. The Balaban J connectivity index is 2.26. The summed E-state index contributed by atoms with van der Waals surface area (Å²) < 4.78 is 0. The van der Waals surface area contributed by atoms with Crippen LogP contribution >= 0.6 is 0 Å².